The van der Waals surface area contributed by atoms with Crippen LogP contribution in [0.25, 0.3) is 0 Å². The molecule has 0 aromatic heterocycles. The number of amides is 1. The summed E-state index contributed by atoms with van der Waals surface area (Å²) < 4.78 is 36.7. The highest BCUT2D eigenvalue weighted by atomic mass is 35.5. The van der Waals surface area contributed by atoms with Crippen LogP contribution in [0.1, 0.15) is 10.4 Å². The summed E-state index contributed by atoms with van der Waals surface area (Å²) in [6.07, 6.45) is 0. The second-order valence-electron chi connectivity index (χ2n) is 7.20. The molecule has 2 aromatic rings. The lowest BCUT2D eigenvalue weighted by atomic mass is 10.1. The predicted octanol–water partition coefficient (Wildman–Crippen LogP) is 2.22. The molecule has 1 fully saturated rings. The van der Waals surface area contributed by atoms with Gasteiger partial charge in [0.15, 0.2) is 6.61 Å². The summed E-state index contributed by atoms with van der Waals surface area (Å²) in [5.41, 5.74) is 1.09. The molecule has 11 heteroatoms. The molecule has 0 spiro atoms. The Balaban J connectivity index is 1.80. The number of nitrogens with zero attached hydrogens (tertiary/aromatic N) is 2. The molecule has 0 radical (unpaired) electrons. The minimum Gasteiger partial charge on any atom is -0.452 e. The van der Waals surface area contributed by atoms with Crippen LogP contribution in [0.4, 0.5) is 11.4 Å². The van der Waals surface area contributed by atoms with Gasteiger partial charge in [-0.25, -0.2) is 17.5 Å². The maximum atomic E-state index is 12.9. The number of morpholine rings is 1. The molecular weight excluding hydrogens is 458 g/mol. The van der Waals surface area contributed by atoms with Gasteiger partial charge in [0, 0.05) is 37.9 Å². The lowest BCUT2D eigenvalue weighted by Crippen LogP contribution is -2.37. The summed E-state index contributed by atoms with van der Waals surface area (Å²) in [5, 5.41) is 3.13. The van der Waals surface area contributed by atoms with Crippen LogP contribution in [0.5, 0.6) is 0 Å². The zero-order chi connectivity index (χ0) is 23.3. The SMILES string of the molecule is CN(C)S(=O)(=O)c1ccc(N2CCOCC2)c(C(=O)OCC(=O)Nc2ccc(Cl)cc2)c1. The fraction of sp³-hybridized carbons (Fsp3) is 0.333. The second-order valence-corrected chi connectivity index (χ2v) is 9.79. The summed E-state index contributed by atoms with van der Waals surface area (Å²) in [4.78, 5) is 26.9. The molecule has 0 atom stereocenters. The number of halogens is 1. The summed E-state index contributed by atoms with van der Waals surface area (Å²) in [6.45, 7) is 1.51. The average molecular weight is 482 g/mol. The van der Waals surface area contributed by atoms with Gasteiger partial charge >= 0.3 is 5.97 Å². The molecule has 3 rings (SSSR count). The van der Waals surface area contributed by atoms with E-state index < -0.39 is 28.5 Å². The molecule has 32 heavy (non-hydrogen) atoms. The normalized spacial score (nSPS) is 14.3. The van der Waals surface area contributed by atoms with E-state index in [1.54, 1.807) is 30.3 Å². The van der Waals surface area contributed by atoms with E-state index in [0.29, 0.717) is 42.7 Å². The fourth-order valence-corrected chi connectivity index (χ4v) is 4.12. The minimum atomic E-state index is -3.76. The van der Waals surface area contributed by atoms with Gasteiger partial charge in [-0.1, -0.05) is 11.6 Å². The van der Waals surface area contributed by atoms with Crippen LogP contribution < -0.4 is 10.2 Å². The molecule has 0 saturated carbocycles. The smallest absolute Gasteiger partial charge is 0.340 e. The van der Waals surface area contributed by atoms with Crippen LogP contribution >= 0.6 is 11.6 Å². The Labute approximate surface area is 191 Å². The van der Waals surface area contributed by atoms with Crippen molar-refractivity contribution in [2.75, 3.05) is 57.2 Å². The van der Waals surface area contributed by atoms with Crippen molar-refractivity contribution in [1.29, 1.82) is 0 Å². The van der Waals surface area contributed by atoms with Gasteiger partial charge in [0.2, 0.25) is 10.0 Å². The van der Waals surface area contributed by atoms with Crippen LogP contribution in [0.3, 0.4) is 0 Å². The maximum absolute atomic E-state index is 12.9. The largest absolute Gasteiger partial charge is 0.452 e. The van der Waals surface area contributed by atoms with Gasteiger partial charge in [-0.2, -0.15) is 0 Å². The van der Waals surface area contributed by atoms with Crippen LogP contribution in [-0.2, 0) is 24.3 Å². The number of benzene rings is 2. The third-order valence-corrected chi connectivity index (χ3v) is 6.84. The molecule has 1 heterocycles. The first-order chi connectivity index (χ1) is 15.2. The number of carbonyl (C=O) groups is 2. The molecule has 9 nitrogen and oxygen atoms in total. The molecule has 0 unspecified atom stereocenters. The van der Waals surface area contributed by atoms with E-state index in [2.05, 4.69) is 5.32 Å². The summed E-state index contributed by atoms with van der Waals surface area (Å²) in [7, 11) is -0.950. The number of hydrogen-bond acceptors (Lipinski definition) is 7. The van der Waals surface area contributed by atoms with E-state index in [1.807, 2.05) is 4.90 Å². The third kappa shape index (κ3) is 5.77. The number of hydrogen-bond donors (Lipinski definition) is 1. The highest BCUT2D eigenvalue weighted by Gasteiger charge is 2.25. The standard InChI is InChI=1S/C21H24ClN3O6S/c1-24(2)32(28,29)17-7-8-19(25-9-11-30-12-10-25)18(13-17)21(27)31-14-20(26)23-16-5-3-15(22)4-6-16/h3-8,13H,9-12,14H2,1-2H3,(H,23,26). The Morgan fingerprint density at radius 1 is 1.12 bits per heavy atom. The van der Waals surface area contributed by atoms with Crippen LogP contribution in [-0.4, -0.2) is 71.6 Å². The number of esters is 1. The third-order valence-electron chi connectivity index (χ3n) is 4.78. The van der Waals surface area contributed by atoms with Gasteiger partial charge in [0.05, 0.1) is 29.4 Å². The lowest BCUT2D eigenvalue weighted by molar-refractivity contribution is -0.119. The molecule has 172 valence electrons. The molecule has 1 amide bonds. The maximum Gasteiger partial charge on any atom is 0.340 e. The molecule has 2 aromatic carbocycles. The van der Waals surface area contributed by atoms with E-state index in [0.717, 1.165) is 4.31 Å². The van der Waals surface area contributed by atoms with Gasteiger partial charge in [-0.3, -0.25) is 4.79 Å². The van der Waals surface area contributed by atoms with Crippen molar-refractivity contribution in [3.05, 3.63) is 53.1 Å². The highest BCUT2D eigenvalue weighted by molar-refractivity contribution is 7.89. The van der Waals surface area contributed by atoms with E-state index in [-0.39, 0.29) is 10.5 Å². The molecule has 0 bridgehead atoms. The molecule has 0 aliphatic carbocycles. The zero-order valence-corrected chi connectivity index (χ0v) is 19.3. The van der Waals surface area contributed by atoms with Crippen LogP contribution in [0.15, 0.2) is 47.4 Å². The van der Waals surface area contributed by atoms with Crippen molar-refractivity contribution in [3.8, 4) is 0 Å². The number of nitrogens with one attached hydrogen (secondary N) is 1. The highest BCUT2D eigenvalue weighted by Crippen LogP contribution is 2.27. The van der Waals surface area contributed by atoms with Crippen molar-refractivity contribution < 1.29 is 27.5 Å². The minimum absolute atomic E-state index is 0.0444. The first-order valence-corrected chi connectivity index (χ1v) is 11.6. The molecule has 1 aliphatic rings. The number of ether oxygens (including phenoxy) is 2. The lowest BCUT2D eigenvalue weighted by Gasteiger charge is -2.30. The average Bonchev–Trinajstić information content (AvgIpc) is 2.79. The summed E-state index contributed by atoms with van der Waals surface area (Å²) in [5.74, 6) is -1.33. The summed E-state index contributed by atoms with van der Waals surface area (Å²) >= 11 is 5.82. The van der Waals surface area contributed by atoms with Crippen molar-refractivity contribution in [2.45, 2.75) is 4.90 Å². The molecule has 1 aliphatic heterocycles. The summed E-state index contributed by atoms with van der Waals surface area (Å²) in [6, 6.07) is 10.8. The van der Waals surface area contributed by atoms with Crippen LogP contribution in [0.2, 0.25) is 5.02 Å². The first kappa shape index (κ1) is 24.0. The zero-order valence-electron chi connectivity index (χ0n) is 17.7. The second kappa shape index (κ2) is 10.3. The van der Waals surface area contributed by atoms with Gasteiger partial charge in [-0.15, -0.1) is 0 Å². The van der Waals surface area contributed by atoms with Gasteiger partial charge in [0.25, 0.3) is 5.91 Å². The predicted molar refractivity (Wildman–Crippen MR) is 121 cm³/mol. The number of rotatable bonds is 7. The van der Waals surface area contributed by atoms with Gasteiger partial charge in [-0.05, 0) is 42.5 Å². The molecule has 1 saturated heterocycles. The van der Waals surface area contributed by atoms with E-state index in [9.17, 15) is 18.0 Å². The Hall–Kier alpha value is -2.66. The first-order valence-electron chi connectivity index (χ1n) is 9.80. The van der Waals surface area contributed by atoms with Crippen LogP contribution in [0, 0.1) is 0 Å². The topological polar surface area (TPSA) is 105 Å². The number of sulfonamides is 1. The van der Waals surface area contributed by atoms with Crippen molar-refractivity contribution in [2.24, 2.45) is 0 Å². The number of anilines is 2. The van der Waals surface area contributed by atoms with Crippen molar-refractivity contribution >= 4 is 44.9 Å². The molecular formula is C21H24ClN3O6S. The van der Waals surface area contributed by atoms with Gasteiger partial charge in [0.1, 0.15) is 0 Å². The Morgan fingerprint density at radius 3 is 2.41 bits per heavy atom. The fourth-order valence-electron chi connectivity index (χ4n) is 3.07. The monoisotopic (exact) mass is 481 g/mol. The van der Waals surface area contributed by atoms with Gasteiger partial charge < -0.3 is 19.7 Å². The Bertz CT molecular complexity index is 1080. The van der Waals surface area contributed by atoms with Crippen molar-refractivity contribution in [1.82, 2.24) is 4.31 Å². The number of carbonyl (C=O) groups excluding carboxylic acids is 2. The van der Waals surface area contributed by atoms with E-state index in [4.69, 9.17) is 21.1 Å². The Morgan fingerprint density at radius 2 is 1.78 bits per heavy atom. The van der Waals surface area contributed by atoms with E-state index >= 15 is 0 Å². The molecule has 1 N–H and O–H groups in total. The van der Waals surface area contributed by atoms with E-state index in [1.165, 1.54) is 26.2 Å². The van der Waals surface area contributed by atoms with Crippen molar-refractivity contribution in [3.63, 3.8) is 0 Å². The quantitative estimate of drug-likeness (QED) is 0.604. The Kier molecular flexibility index (Phi) is 7.73.